The van der Waals surface area contributed by atoms with Crippen molar-refractivity contribution in [3.05, 3.63) is 60.8 Å². The van der Waals surface area contributed by atoms with E-state index in [1.807, 2.05) is 0 Å². The Morgan fingerprint density at radius 1 is 0.266 bits per heavy atom. The molecule has 6 nitrogen and oxygen atoms in total. The summed E-state index contributed by atoms with van der Waals surface area (Å²) in [5.41, 5.74) is 0. The van der Waals surface area contributed by atoms with Crippen molar-refractivity contribution in [1.29, 1.82) is 0 Å². The largest absolute Gasteiger partial charge is 0.462 e. The van der Waals surface area contributed by atoms with Crippen LogP contribution in [0.5, 0.6) is 0 Å². The second-order valence-corrected chi connectivity index (χ2v) is 23.4. The molecule has 0 radical (unpaired) electrons. The molecule has 0 heterocycles. The van der Waals surface area contributed by atoms with E-state index in [0.717, 1.165) is 89.9 Å². The first-order chi connectivity index (χ1) is 39.0. The van der Waals surface area contributed by atoms with Crippen LogP contribution in [0.25, 0.3) is 0 Å². The molecule has 0 aliphatic carbocycles. The lowest BCUT2D eigenvalue weighted by atomic mass is 10.0. The molecule has 0 spiro atoms. The topological polar surface area (TPSA) is 78.9 Å². The summed E-state index contributed by atoms with van der Waals surface area (Å²) >= 11 is 0. The predicted octanol–water partition coefficient (Wildman–Crippen LogP) is 23.9. The third kappa shape index (κ3) is 65.8. The van der Waals surface area contributed by atoms with Gasteiger partial charge in [0.1, 0.15) is 13.2 Å². The van der Waals surface area contributed by atoms with E-state index in [0.29, 0.717) is 19.3 Å². The van der Waals surface area contributed by atoms with Crippen molar-refractivity contribution in [3.63, 3.8) is 0 Å². The van der Waals surface area contributed by atoms with Crippen LogP contribution in [-0.2, 0) is 28.6 Å². The molecule has 0 N–H and O–H groups in total. The van der Waals surface area contributed by atoms with Crippen LogP contribution >= 0.6 is 0 Å². The van der Waals surface area contributed by atoms with Crippen molar-refractivity contribution < 1.29 is 28.6 Å². The van der Waals surface area contributed by atoms with Gasteiger partial charge in [-0.25, -0.2) is 0 Å². The molecule has 0 aromatic heterocycles. The minimum absolute atomic E-state index is 0.0664. The lowest BCUT2D eigenvalue weighted by Crippen LogP contribution is -2.30. The monoisotopic (exact) mass is 1110 g/mol. The second-order valence-electron chi connectivity index (χ2n) is 23.4. The van der Waals surface area contributed by atoms with Gasteiger partial charge in [-0.15, -0.1) is 0 Å². The summed E-state index contributed by atoms with van der Waals surface area (Å²) in [5, 5.41) is 0. The van der Waals surface area contributed by atoms with E-state index in [-0.39, 0.29) is 31.1 Å². The number of hydrogen-bond acceptors (Lipinski definition) is 6. The number of allylic oxidation sites excluding steroid dienone is 10. The first-order valence-electron chi connectivity index (χ1n) is 34.8. The number of esters is 3. The molecule has 0 fully saturated rings. The summed E-state index contributed by atoms with van der Waals surface area (Å²) in [4.78, 5) is 38.2. The second kappa shape index (κ2) is 67.6. The van der Waals surface area contributed by atoms with Gasteiger partial charge in [0.2, 0.25) is 0 Å². The van der Waals surface area contributed by atoms with Crippen molar-refractivity contribution >= 4 is 17.9 Å². The fourth-order valence-corrected chi connectivity index (χ4v) is 10.4. The van der Waals surface area contributed by atoms with E-state index in [1.54, 1.807) is 0 Å². The molecule has 0 rings (SSSR count). The molecule has 1 unspecified atom stereocenters. The Labute approximate surface area is 491 Å². The lowest BCUT2D eigenvalue weighted by molar-refractivity contribution is -0.167. The molecule has 79 heavy (non-hydrogen) atoms. The highest BCUT2D eigenvalue weighted by molar-refractivity contribution is 5.71. The predicted molar refractivity (Wildman–Crippen MR) is 344 cm³/mol. The van der Waals surface area contributed by atoms with Crippen LogP contribution in [0, 0.1) is 0 Å². The number of ether oxygens (including phenoxy) is 3. The van der Waals surface area contributed by atoms with E-state index in [1.165, 1.54) is 238 Å². The zero-order chi connectivity index (χ0) is 57.1. The van der Waals surface area contributed by atoms with Gasteiger partial charge in [-0.3, -0.25) is 14.4 Å². The molecule has 0 aromatic carbocycles. The molecule has 0 aliphatic heterocycles. The van der Waals surface area contributed by atoms with Gasteiger partial charge < -0.3 is 14.2 Å². The summed E-state index contributed by atoms with van der Waals surface area (Å²) in [6.07, 6.45) is 87.0. The highest BCUT2D eigenvalue weighted by Gasteiger charge is 2.19. The number of hydrogen-bond donors (Lipinski definition) is 0. The zero-order valence-electron chi connectivity index (χ0n) is 52.9. The van der Waals surface area contributed by atoms with E-state index < -0.39 is 6.10 Å². The normalized spacial score (nSPS) is 12.4. The summed E-state index contributed by atoms with van der Waals surface area (Å²) in [5.74, 6) is -0.845. The van der Waals surface area contributed by atoms with E-state index in [2.05, 4.69) is 81.5 Å². The average molecular weight is 1110 g/mol. The van der Waals surface area contributed by atoms with Gasteiger partial charge >= 0.3 is 17.9 Å². The number of carbonyl (C=O) groups is 3. The van der Waals surface area contributed by atoms with Crippen LogP contribution in [0.2, 0.25) is 0 Å². The molecular weight excluding hydrogens is 973 g/mol. The van der Waals surface area contributed by atoms with Gasteiger partial charge in [0.05, 0.1) is 0 Å². The Kier molecular flexibility index (Phi) is 65.1. The Balaban J connectivity index is 3.99. The van der Waals surface area contributed by atoms with Crippen LogP contribution in [0.15, 0.2) is 60.8 Å². The third-order valence-electron chi connectivity index (χ3n) is 15.5. The molecule has 1 atom stereocenters. The van der Waals surface area contributed by atoms with E-state index >= 15 is 0 Å². The maximum Gasteiger partial charge on any atom is 0.306 e. The Bertz CT molecular complexity index is 1410. The van der Waals surface area contributed by atoms with Gasteiger partial charge in [-0.2, -0.15) is 0 Å². The van der Waals surface area contributed by atoms with Crippen LogP contribution in [0.3, 0.4) is 0 Å². The summed E-state index contributed by atoms with van der Waals surface area (Å²) < 4.78 is 16.9. The van der Waals surface area contributed by atoms with Gasteiger partial charge in [0.25, 0.3) is 0 Å². The maximum atomic E-state index is 12.9. The zero-order valence-corrected chi connectivity index (χ0v) is 52.9. The molecule has 0 saturated carbocycles. The average Bonchev–Trinajstić information content (AvgIpc) is 3.45. The Morgan fingerprint density at radius 3 is 0.772 bits per heavy atom. The highest BCUT2D eigenvalue weighted by Crippen LogP contribution is 2.18. The lowest BCUT2D eigenvalue weighted by Gasteiger charge is -2.18. The van der Waals surface area contributed by atoms with Gasteiger partial charge in [0, 0.05) is 19.3 Å². The fourth-order valence-electron chi connectivity index (χ4n) is 10.4. The van der Waals surface area contributed by atoms with Crippen LogP contribution < -0.4 is 0 Å². The summed E-state index contributed by atoms with van der Waals surface area (Å²) in [6, 6.07) is 0. The smallest absolute Gasteiger partial charge is 0.306 e. The maximum absolute atomic E-state index is 12.9. The van der Waals surface area contributed by atoms with E-state index in [4.69, 9.17) is 14.2 Å². The van der Waals surface area contributed by atoms with Gasteiger partial charge in [-0.05, 0) is 64.2 Å². The minimum Gasteiger partial charge on any atom is -0.462 e. The standard InChI is InChI=1S/C73H132O6/c1-4-7-10-13-16-19-21-23-25-27-29-30-31-32-33-34-35-36-37-38-39-40-41-42-43-44-45-47-48-50-52-54-57-60-63-66-72(75)78-69-70(68-77-71(74)65-62-59-56-18-15-12-9-6-3)79-73(76)67-64-61-58-55-53-51-49-46-28-26-24-22-20-17-14-11-8-5-2/h7,10,16,19,23,25,29-30,32-33,70H,4-6,8-9,11-15,17-18,20-22,24,26-28,31,34-69H2,1-3H3/b10-7-,19-16-,25-23-,30-29-,33-32-. The number of rotatable bonds is 64. The van der Waals surface area contributed by atoms with Crippen molar-refractivity contribution in [2.24, 2.45) is 0 Å². The van der Waals surface area contributed by atoms with Crippen LogP contribution in [-0.4, -0.2) is 37.2 Å². The molecule has 0 aromatic rings. The Hall–Kier alpha value is -2.89. The molecule has 0 bridgehead atoms. The summed E-state index contributed by atoms with van der Waals surface area (Å²) in [7, 11) is 0. The van der Waals surface area contributed by atoms with Crippen molar-refractivity contribution in [1.82, 2.24) is 0 Å². The number of unbranched alkanes of at least 4 members (excludes halogenated alkanes) is 43. The van der Waals surface area contributed by atoms with Crippen LogP contribution in [0.1, 0.15) is 367 Å². The van der Waals surface area contributed by atoms with Gasteiger partial charge in [0.15, 0.2) is 6.10 Å². The fraction of sp³-hybridized carbons (Fsp3) is 0.822. The first kappa shape index (κ1) is 76.1. The highest BCUT2D eigenvalue weighted by atomic mass is 16.6. The quantitative estimate of drug-likeness (QED) is 0.0261. The molecule has 460 valence electrons. The molecular formula is C73H132O6. The SMILES string of the molecule is CC/C=C\C/C=C\C/C=C\C/C=C\C/C=C\CCCCCCCCCCCCCCCCCCCCCC(=O)OCC(COC(=O)CCCCCCCCCC)OC(=O)CCCCCCCCCCCCCCCCCCCC. The minimum atomic E-state index is -0.767. The van der Waals surface area contributed by atoms with E-state index in [9.17, 15) is 14.4 Å². The number of carbonyl (C=O) groups excluding carboxylic acids is 3. The van der Waals surface area contributed by atoms with Crippen LogP contribution in [0.4, 0.5) is 0 Å². The van der Waals surface area contributed by atoms with Gasteiger partial charge in [-0.1, -0.05) is 345 Å². The van der Waals surface area contributed by atoms with Crippen molar-refractivity contribution in [2.45, 2.75) is 374 Å². The van der Waals surface area contributed by atoms with Crippen molar-refractivity contribution in [2.75, 3.05) is 13.2 Å². The molecule has 0 aliphatic rings. The third-order valence-corrected chi connectivity index (χ3v) is 15.5. The first-order valence-corrected chi connectivity index (χ1v) is 34.8. The Morgan fingerprint density at radius 2 is 0.494 bits per heavy atom. The van der Waals surface area contributed by atoms with Crippen molar-refractivity contribution in [3.8, 4) is 0 Å². The molecule has 6 heteroatoms. The molecule has 0 amide bonds. The summed E-state index contributed by atoms with van der Waals surface area (Å²) in [6.45, 7) is 6.56. The molecule has 0 saturated heterocycles.